The van der Waals surface area contributed by atoms with Gasteiger partial charge < -0.3 is 11.1 Å². The zero-order chi connectivity index (χ0) is 12.3. The van der Waals surface area contributed by atoms with Gasteiger partial charge in [0, 0.05) is 33.8 Å². The fourth-order valence-corrected chi connectivity index (χ4v) is 3.60. The highest BCUT2D eigenvalue weighted by molar-refractivity contribution is 7.12. The van der Waals surface area contributed by atoms with Crippen LogP contribution in [0.15, 0.2) is 23.6 Å². The third kappa shape index (κ3) is 3.16. The molecule has 3 N–H and O–H groups in total. The van der Waals surface area contributed by atoms with Gasteiger partial charge in [-0.2, -0.15) is 0 Å². The maximum atomic E-state index is 5.87. The van der Waals surface area contributed by atoms with Crippen LogP contribution in [-0.4, -0.2) is 6.54 Å². The second-order valence-electron chi connectivity index (χ2n) is 4.12. The first-order valence-corrected chi connectivity index (χ1v) is 7.43. The molecule has 92 valence electrons. The van der Waals surface area contributed by atoms with Gasteiger partial charge >= 0.3 is 0 Å². The average Bonchev–Trinajstić information content (AvgIpc) is 2.90. The second kappa shape index (κ2) is 5.78. The normalized spacial score (nSPS) is 12.9. The number of thiophene rings is 2. The highest BCUT2D eigenvalue weighted by Gasteiger charge is 2.13. The zero-order valence-corrected chi connectivity index (χ0v) is 11.8. The lowest BCUT2D eigenvalue weighted by molar-refractivity contribution is 0.544. The minimum atomic E-state index is 0.266. The number of hydrogen-bond acceptors (Lipinski definition) is 4. The summed E-state index contributed by atoms with van der Waals surface area (Å²) in [6.07, 6.45) is 0. The van der Waals surface area contributed by atoms with Crippen LogP contribution in [0.4, 0.5) is 0 Å². The summed E-state index contributed by atoms with van der Waals surface area (Å²) in [7, 11) is 0. The van der Waals surface area contributed by atoms with Crippen molar-refractivity contribution >= 4 is 22.7 Å². The van der Waals surface area contributed by atoms with Crippen LogP contribution in [0.1, 0.15) is 26.2 Å². The molecule has 0 fully saturated rings. The predicted octanol–water partition coefficient (Wildman–Crippen LogP) is 3.22. The molecular weight excluding hydrogens is 248 g/mol. The number of nitrogens with one attached hydrogen (secondary N) is 1. The monoisotopic (exact) mass is 266 g/mol. The summed E-state index contributed by atoms with van der Waals surface area (Å²) >= 11 is 3.62. The van der Waals surface area contributed by atoms with Crippen molar-refractivity contribution in [2.45, 2.75) is 26.4 Å². The molecule has 0 aliphatic rings. The van der Waals surface area contributed by atoms with E-state index in [0.717, 1.165) is 6.54 Å². The van der Waals surface area contributed by atoms with Crippen molar-refractivity contribution in [2.75, 3.05) is 6.54 Å². The van der Waals surface area contributed by atoms with Crippen molar-refractivity contribution < 1.29 is 0 Å². The molecule has 0 aliphatic heterocycles. The SMILES string of the molecule is Cc1cc(C(CN)NCc2cccs2)c(C)s1. The zero-order valence-electron chi connectivity index (χ0n) is 10.2. The third-order valence-electron chi connectivity index (χ3n) is 2.79. The maximum Gasteiger partial charge on any atom is 0.0458 e. The summed E-state index contributed by atoms with van der Waals surface area (Å²) in [6.45, 7) is 5.85. The molecule has 2 nitrogen and oxygen atoms in total. The van der Waals surface area contributed by atoms with Crippen molar-refractivity contribution in [1.29, 1.82) is 0 Å². The van der Waals surface area contributed by atoms with E-state index in [1.165, 1.54) is 20.2 Å². The first kappa shape index (κ1) is 12.8. The van der Waals surface area contributed by atoms with E-state index in [9.17, 15) is 0 Å². The number of hydrogen-bond donors (Lipinski definition) is 2. The summed E-state index contributed by atoms with van der Waals surface area (Å²) in [6, 6.07) is 6.75. The lowest BCUT2D eigenvalue weighted by Crippen LogP contribution is -2.27. The Hall–Kier alpha value is -0.680. The Balaban J connectivity index is 2.04. The van der Waals surface area contributed by atoms with Gasteiger partial charge in [0.2, 0.25) is 0 Å². The molecule has 17 heavy (non-hydrogen) atoms. The lowest BCUT2D eigenvalue weighted by Gasteiger charge is -2.16. The van der Waals surface area contributed by atoms with Crippen molar-refractivity contribution in [3.8, 4) is 0 Å². The predicted molar refractivity (Wildman–Crippen MR) is 76.7 cm³/mol. The van der Waals surface area contributed by atoms with E-state index >= 15 is 0 Å². The van der Waals surface area contributed by atoms with Gasteiger partial charge in [0.15, 0.2) is 0 Å². The summed E-state index contributed by atoms with van der Waals surface area (Å²) in [5.41, 5.74) is 7.22. The van der Waals surface area contributed by atoms with E-state index in [1.807, 2.05) is 11.3 Å². The molecule has 1 atom stereocenters. The number of aryl methyl sites for hydroxylation is 2. The first-order valence-electron chi connectivity index (χ1n) is 5.73. The Kier molecular flexibility index (Phi) is 4.34. The summed E-state index contributed by atoms with van der Waals surface area (Å²) < 4.78 is 0. The second-order valence-corrected chi connectivity index (χ2v) is 6.61. The van der Waals surface area contributed by atoms with E-state index in [2.05, 4.69) is 42.7 Å². The van der Waals surface area contributed by atoms with Crippen LogP contribution in [0.5, 0.6) is 0 Å². The standard InChI is InChI=1S/C13H18N2S2/c1-9-6-12(10(2)17-9)13(7-14)15-8-11-4-3-5-16-11/h3-6,13,15H,7-8,14H2,1-2H3. The molecule has 0 aliphatic carbocycles. The highest BCUT2D eigenvalue weighted by Crippen LogP contribution is 2.26. The smallest absolute Gasteiger partial charge is 0.0458 e. The van der Waals surface area contributed by atoms with Gasteiger partial charge in [0.25, 0.3) is 0 Å². The molecule has 2 aromatic rings. The van der Waals surface area contributed by atoms with Gasteiger partial charge in [0.1, 0.15) is 0 Å². The minimum absolute atomic E-state index is 0.266. The fraction of sp³-hybridized carbons (Fsp3) is 0.385. The van der Waals surface area contributed by atoms with Crippen molar-refractivity contribution in [3.05, 3.63) is 43.8 Å². The quantitative estimate of drug-likeness (QED) is 0.872. The van der Waals surface area contributed by atoms with Crippen LogP contribution < -0.4 is 11.1 Å². The molecule has 4 heteroatoms. The van der Waals surface area contributed by atoms with Gasteiger partial charge in [-0.1, -0.05) is 6.07 Å². The van der Waals surface area contributed by atoms with E-state index in [0.29, 0.717) is 6.54 Å². The average molecular weight is 266 g/mol. The number of nitrogens with two attached hydrogens (primary N) is 1. The molecule has 2 aromatic heterocycles. The van der Waals surface area contributed by atoms with Gasteiger partial charge in [-0.15, -0.1) is 22.7 Å². The van der Waals surface area contributed by atoms with Gasteiger partial charge in [-0.3, -0.25) is 0 Å². The summed E-state index contributed by atoms with van der Waals surface area (Å²) in [5.74, 6) is 0. The Labute approximate surface area is 110 Å². The molecule has 0 amide bonds. The van der Waals surface area contributed by atoms with Crippen LogP contribution >= 0.6 is 22.7 Å². The van der Waals surface area contributed by atoms with Crippen molar-refractivity contribution in [2.24, 2.45) is 5.73 Å². The molecule has 2 rings (SSSR count). The van der Waals surface area contributed by atoms with E-state index in [1.54, 1.807) is 11.3 Å². The van der Waals surface area contributed by atoms with E-state index in [-0.39, 0.29) is 6.04 Å². The molecule has 0 saturated heterocycles. The largest absolute Gasteiger partial charge is 0.329 e. The Bertz CT molecular complexity index is 460. The Morgan fingerprint density at radius 2 is 2.24 bits per heavy atom. The van der Waals surface area contributed by atoms with Crippen LogP contribution in [0.2, 0.25) is 0 Å². The van der Waals surface area contributed by atoms with Crippen molar-refractivity contribution in [3.63, 3.8) is 0 Å². The van der Waals surface area contributed by atoms with E-state index in [4.69, 9.17) is 5.73 Å². The summed E-state index contributed by atoms with van der Waals surface area (Å²) in [4.78, 5) is 4.08. The van der Waals surface area contributed by atoms with Crippen LogP contribution in [0, 0.1) is 13.8 Å². The number of rotatable bonds is 5. The molecule has 0 radical (unpaired) electrons. The first-order chi connectivity index (χ1) is 8.20. The highest BCUT2D eigenvalue weighted by atomic mass is 32.1. The van der Waals surface area contributed by atoms with E-state index < -0.39 is 0 Å². The molecule has 0 saturated carbocycles. The van der Waals surface area contributed by atoms with Gasteiger partial charge in [0.05, 0.1) is 0 Å². The molecule has 1 unspecified atom stereocenters. The Morgan fingerprint density at radius 1 is 1.41 bits per heavy atom. The van der Waals surface area contributed by atoms with Gasteiger partial charge in [-0.25, -0.2) is 0 Å². The topological polar surface area (TPSA) is 38.0 Å². The summed E-state index contributed by atoms with van der Waals surface area (Å²) in [5, 5.41) is 5.64. The maximum absolute atomic E-state index is 5.87. The lowest BCUT2D eigenvalue weighted by atomic mass is 10.1. The van der Waals surface area contributed by atoms with Crippen LogP contribution in [0.3, 0.4) is 0 Å². The minimum Gasteiger partial charge on any atom is -0.329 e. The Morgan fingerprint density at radius 3 is 2.76 bits per heavy atom. The third-order valence-corrected chi connectivity index (χ3v) is 4.65. The molecule has 0 spiro atoms. The molecule has 2 heterocycles. The fourth-order valence-electron chi connectivity index (χ4n) is 1.95. The molecule has 0 aromatic carbocycles. The van der Waals surface area contributed by atoms with Gasteiger partial charge in [-0.05, 0) is 36.9 Å². The van der Waals surface area contributed by atoms with Crippen LogP contribution in [0.25, 0.3) is 0 Å². The van der Waals surface area contributed by atoms with Crippen LogP contribution in [-0.2, 0) is 6.54 Å². The molecule has 0 bridgehead atoms. The molecular formula is C13H18N2S2. The van der Waals surface area contributed by atoms with Crippen molar-refractivity contribution in [1.82, 2.24) is 5.32 Å².